The molecular formula is C22H46BrO4P. The van der Waals surface area contributed by atoms with Gasteiger partial charge in [-0.2, -0.15) is 0 Å². The van der Waals surface area contributed by atoms with E-state index < -0.39 is 7.82 Å². The van der Waals surface area contributed by atoms with E-state index in [0.717, 1.165) is 24.6 Å². The molecule has 2 N–H and O–H groups in total. The van der Waals surface area contributed by atoms with Gasteiger partial charge in [0.15, 0.2) is 0 Å². The number of halogens is 1. The number of phosphoric ester groups is 1. The minimum Gasteiger partial charge on any atom is -0.303 e. The summed E-state index contributed by atoms with van der Waals surface area (Å²) in [7, 11) is -4.26. The van der Waals surface area contributed by atoms with E-state index in [0.29, 0.717) is 0 Å². The van der Waals surface area contributed by atoms with Gasteiger partial charge in [0.2, 0.25) is 0 Å². The molecule has 6 heteroatoms. The minimum atomic E-state index is -4.26. The zero-order valence-electron chi connectivity index (χ0n) is 18.1. The molecule has 28 heavy (non-hydrogen) atoms. The Balaban J connectivity index is 3.02. The maximum atomic E-state index is 10.5. The summed E-state index contributed by atoms with van der Waals surface area (Å²) in [5, 5.41) is 1.16. The third kappa shape index (κ3) is 26.6. The number of alkyl halides is 1. The molecule has 0 saturated heterocycles. The standard InChI is InChI=1S/C22H46BrO4P/c23-21-19-17-15-13-11-9-7-5-3-1-2-4-6-8-10-12-14-16-18-20-22-27-28(24,25)26/h1-22H2,(H2,24,25,26). The summed E-state index contributed by atoms with van der Waals surface area (Å²) >= 11 is 3.49. The second kappa shape index (κ2) is 22.3. The van der Waals surface area contributed by atoms with Crippen molar-refractivity contribution in [2.45, 2.75) is 128 Å². The van der Waals surface area contributed by atoms with Crippen molar-refractivity contribution in [2.24, 2.45) is 0 Å². The van der Waals surface area contributed by atoms with Crippen molar-refractivity contribution in [3.63, 3.8) is 0 Å². The summed E-state index contributed by atoms with van der Waals surface area (Å²) in [6.45, 7) is 0.169. The van der Waals surface area contributed by atoms with Crippen molar-refractivity contribution >= 4 is 23.8 Å². The average molecular weight is 485 g/mol. The highest BCUT2D eigenvalue weighted by molar-refractivity contribution is 9.09. The molecule has 0 amide bonds. The first kappa shape index (κ1) is 28.6. The van der Waals surface area contributed by atoms with Crippen LogP contribution in [0.5, 0.6) is 0 Å². The van der Waals surface area contributed by atoms with Crippen LogP contribution in [0, 0.1) is 0 Å². The molecule has 0 aliphatic carbocycles. The van der Waals surface area contributed by atoms with Crippen LogP contribution in [0.3, 0.4) is 0 Å². The van der Waals surface area contributed by atoms with Crippen molar-refractivity contribution in [3.05, 3.63) is 0 Å². The fraction of sp³-hybridized carbons (Fsp3) is 1.00. The predicted molar refractivity (Wildman–Crippen MR) is 124 cm³/mol. The number of hydrogen-bond acceptors (Lipinski definition) is 2. The van der Waals surface area contributed by atoms with Gasteiger partial charge >= 0.3 is 7.82 Å². The topological polar surface area (TPSA) is 66.8 Å². The van der Waals surface area contributed by atoms with Gasteiger partial charge in [0.25, 0.3) is 0 Å². The molecule has 0 rings (SSSR count). The van der Waals surface area contributed by atoms with E-state index in [9.17, 15) is 4.57 Å². The third-order valence-corrected chi connectivity index (χ3v) is 6.37. The molecule has 0 saturated carbocycles. The van der Waals surface area contributed by atoms with Gasteiger partial charge in [-0.1, -0.05) is 132 Å². The first-order chi connectivity index (χ1) is 13.6. The van der Waals surface area contributed by atoms with Gasteiger partial charge in [0.1, 0.15) is 0 Å². The minimum absolute atomic E-state index is 0.169. The highest BCUT2D eigenvalue weighted by Gasteiger charge is 2.12. The van der Waals surface area contributed by atoms with Crippen LogP contribution in [0.4, 0.5) is 0 Å². The summed E-state index contributed by atoms with van der Waals surface area (Å²) < 4.78 is 14.9. The van der Waals surface area contributed by atoms with Crippen LogP contribution in [0.2, 0.25) is 0 Å². The lowest BCUT2D eigenvalue weighted by Gasteiger charge is -2.05. The summed E-state index contributed by atoms with van der Waals surface area (Å²) in [5.74, 6) is 0. The molecule has 0 heterocycles. The van der Waals surface area contributed by atoms with E-state index in [1.54, 1.807) is 0 Å². The highest BCUT2D eigenvalue weighted by Crippen LogP contribution is 2.35. The van der Waals surface area contributed by atoms with E-state index in [2.05, 4.69) is 20.5 Å². The Bertz CT molecular complexity index is 349. The Morgan fingerprint density at radius 3 is 1.00 bits per heavy atom. The molecule has 0 spiro atoms. The molecule has 0 aromatic rings. The molecule has 0 aliphatic rings. The zero-order valence-corrected chi connectivity index (χ0v) is 20.6. The normalized spacial score (nSPS) is 12.0. The molecular weight excluding hydrogens is 439 g/mol. The largest absolute Gasteiger partial charge is 0.469 e. The van der Waals surface area contributed by atoms with Gasteiger partial charge in [-0.25, -0.2) is 4.57 Å². The Hall–Kier alpha value is 0.590. The Kier molecular flexibility index (Phi) is 22.7. The first-order valence-electron chi connectivity index (χ1n) is 11.8. The van der Waals surface area contributed by atoms with Crippen LogP contribution in [0.1, 0.15) is 128 Å². The van der Waals surface area contributed by atoms with Crippen LogP contribution >= 0.6 is 23.8 Å². The molecule has 0 atom stereocenters. The van der Waals surface area contributed by atoms with E-state index in [1.165, 1.54) is 109 Å². The number of phosphoric acid groups is 1. The monoisotopic (exact) mass is 484 g/mol. The predicted octanol–water partition coefficient (Wildman–Crippen LogP) is 8.29. The van der Waals surface area contributed by atoms with Crippen molar-refractivity contribution < 1.29 is 18.9 Å². The quantitative estimate of drug-likeness (QED) is 0.0868. The Morgan fingerprint density at radius 1 is 0.500 bits per heavy atom. The fourth-order valence-electron chi connectivity index (χ4n) is 3.56. The summed E-state index contributed by atoms with van der Waals surface area (Å²) in [6, 6.07) is 0. The third-order valence-electron chi connectivity index (χ3n) is 5.29. The molecule has 0 radical (unpaired) electrons. The van der Waals surface area contributed by atoms with Crippen molar-refractivity contribution in [1.29, 1.82) is 0 Å². The molecule has 0 unspecified atom stereocenters. The lowest BCUT2D eigenvalue weighted by molar-refractivity contribution is 0.193. The van der Waals surface area contributed by atoms with Gasteiger partial charge in [0.05, 0.1) is 6.61 Å². The van der Waals surface area contributed by atoms with Crippen LogP contribution < -0.4 is 0 Å². The Labute approximate surface area is 183 Å². The summed E-state index contributed by atoms with van der Waals surface area (Å²) in [4.78, 5) is 17.1. The highest BCUT2D eigenvalue weighted by atomic mass is 79.9. The van der Waals surface area contributed by atoms with Crippen LogP contribution in [-0.4, -0.2) is 21.7 Å². The second-order valence-corrected chi connectivity index (χ2v) is 10.1. The molecule has 0 fully saturated rings. The number of unbranched alkanes of at least 4 members (excludes halogenated alkanes) is 19. The molecule has 0 aliphatic heterocycles. The van der Waals surface area contributed by atoms with Gasteiger partial charge < -0.3 is 9.79 Å². The van der Waals surface area contributed by atoms with Gasteiger partial charge in [-0.05, 0) is 12.8 Å². The molecule has 0 bridgehead atoms. The van der Waals surface area contributed by atoms with E-state index in [4.69, 9.17) is 9.79 Å². The molecule has 4 nitrogen and oxygen atoms in total. The molecule has 0 aromatic carbocycles. The average Bonchev–Trinajstić information content (AvgIpc) is 2.65. The van der Waals surface area contributed by atoms with E-state index in [-0.39, 0.29) is 6.61 Å². The lowest BCUT2D eigenvalue weighted by Crippen LogP contribution is -1.92. The van der Waals surface area contributed by atoms with E-state index in [1.807, 2.05) is 0 Å². The lowest BCUT2D eigenvalue weighted by atomic mass is 10.0. The zero-order chi connectivity index (χ0) is 20.8. The summed E-state index contributed by atoms with van der Waals surface area (Å²) in [6.07, 6.45) is 26.4. The van der Waals surface area contributed by atoms with Gasteiger partial charge in [0, 0.05) is 5.33 Å². The molecule has 0 aromatic heterocycles. The SMILES string of the molecule is O=P(O)(O)OCCCCCCCCCCCCCCCCCCCCCCBr. The van der Waals surface area contributed by atoms with Crippen LogP contribution in [0.25, 0.3) is 0 Å². The second-order valence-electron chi connectivity index (χ2n) is 8.08. The summed E-state index contributed by atoms with van der Waals surface area (Å²) in [5.41, 5.74) is 0. The van der Waals surface area contributed by atoms with Crippen molar-refractivity contribution in [1.82, 2.24) is 0 Å². The fourth-order valence-corrected chi connectivity index (χ4v) is 4.33. The first-order valence-corrected chi connectivity index (χ1v) is 14.5. The smallest absolute Gasteiger partial charge is 0.303 e. The number of rotatable bonds is 23. The van der Waals surface area contributed by atoms with Crippen molar-refractivity contribution in [3.8, 4) is 0 Å². The maximum Gasteiger partial charge on any atom is 0.469 e. The maximum absolute atomic E-state index is 10.5. The van der Waals surface area contributed by atoms with Crippen LogP contribution in [0.15, 0.2) is 0 Å². The van der Waals surface area contributed by atoms with Gasteiger partial charge in [-0.3, -0.25) is 4.52 Å². The van der Waals surface area contributed by atoms with Crippen LogP contribution in [-0.2, 0) is 9.09 Å². The Morgan fingerprint density at radius 2 is 0.750 bits per heavy atom. The van der Waals surface area contributed by atoms with Gasteiger partial charge in [-0.15, -0.1) is 0 Å². The number of hydrogen-bond donors (Lipinski definition) is 2. The van der Waals surface area contributed by atoms with E-state index >= 15 is 0 Å². The molecule has 170 valence electrons. The van der Waals surface area contributed by atoms with Crippen molar-refractivity contribution in [2.75, 3.05) is 11.9 Å².